The van der Waals surface area contributed by atoms with Crippen molar-refractivity contribution in [1.29, 1.82) is 0 Å². The molecule has 1 N–H and O–H groups in total. The van der Waals surface area contributed by atoms with Gasteiger partial charge in [-0.15, -0.1) is 0 Å². The molecule has 0 fully saturated rings. The third-order valence-electron chi connectivity index (χ3n) is 2.44. The van der Waals surface area contributed by atoms with E-state index in [0.717, 1.165) is 12.1 Å². The molecule has 7 heteroatoms. The Hall–Kier alpha value is -1.95. The van der Waals surface area contributed by atoms with Gasteiger partial charge >= 0.3 is 0 Å². The van der Waals surface area contributed by atoms with Crippen molar-refractivity contribution in [2.24, 2.45) is 0 Å². The number of hydrogen-bond acceptors (Lipinski definition) is 6. The largest absolute Gasteiger partial charge is 0.354 e. The first-order valence-electron chi connectivity index (χ1n) is 5.94. The third-order valence-corrected chi connectivity index (χ3v) is 2.61. The van der Waals surface area contributed by atoms with Crippen LogP contribution < -0.4 is 10.2 Å². The lowest BCUT2D eigenvalue weighted by molar-refractivity contribution is 0.850. The highest BCUT2D eigenvalue weighted by Crippen LogP contribution is 2.14. The molecule has 0 amide bonds. The van der Waals surface area contributed by atoms with Crippen LogP contribution in [0.2, 0.25) is 5.28 Å². The predicted octanol–water partition coefficient (Wildman–Crippen LogP) is 1.99. The van der Waals surface area contributed by atoms with Crippen LogP contribution in [0.5, 0.6) is 0 Å². The van der Waals surface area contributed by atoms with Crippen molar-refractivity contribution in [3.05, 3.63) is 35.4 Å². The van der Waals surface area contributed by atoms with E-state index in [1.54, 1.807) is 12.4 Å². The average Bonchev–Trinajstić information content (AvgIpc) is 2.39. The van der Waals surface area contributed by atoms with Crippen molar-refractivity contribution in [2.75, 3.05) is 23.8 Å². The Bertz CT molecular complexity index is 533. The van der Waals surface area contributed by atoms with E-state index in [-0.39, 0.29) is 5.28 Å². The molecule has 100 valence electrons. The zero-order valence-electron chi connectivity index (χ0n) is 10.8. The van der Waals surface area contributed by atoms with Gasteiger partial charge in [0.05, 0.1) is 0 Å². The van der Waals surface area contributed by atoms with Gasteiger partial charge < -0.3 is 10.2 Å². The number of nitrogens with zero attached hydrogens (tertiary/aromatic N) is 5. The number of pyridine rings is 1. The Kier molecular flexibility index (Phi) is 4.46. The molecule has 0 aliphatic rings. The number of rotatable bonds is 5. The van der Waals surface area contributed by atoms with Gasteiger partial charge in [-0.05, 0) is 36.2 Å². The fourth-order valence-electron chi connectivity index (χ4n) is 1.58. The molecular formula is C12H15ClN6. The molecule has 19 heavy (non-hydrogen) atoms. The number of anilines is 2. The molecule has 6 nitrogen and oxygen atoms in total. The summed E-state index contributed by atoms with van der Waals surface area (Å²) in [5.74, 6) is 1.02. The normalized spacial score (nSPS) is 10.3. The Morgan fingerprint density at radius 2 is 1.95 bits per heavy atom. The van der Waals surface area contributed by atoms with E-state index < -0.39 is 0 Å². The van der Waals surface area contributed by atoms with E-state index in [4.69, 9.17) is 11.6 Å². The smallest absolute Gasteiger partial charge is 0.231 e. The second-order valence-corrected chi connectivity index (χ2v) is 4.31. The summed E-state index contributed by atoms with van der Waals surface area (Å²) in [5, 5.41) is 3.21. The maximum absolute atomic E-state index is 5.89. The zero-order chi connectivity index (χ0) is 13.7. The van der Waals surface area contributed by atoms with Crippen LogP contribution in [0.15, 0.2) is 24.5 Å². The Balaban J connectivity index is 2.16. The zero-order valence-corrected chi connectivity index (χ0v) is 11.6. The summed E-state index contributed by atoms with van der Waals surface area (Å²) in [6, 6.07) is 3.90. The summed E-state index contributed by atoms with van der Waals surface area (Å²) in [5.41, 5.74) is 1.12. The first-order chi connectivity index (χ1) is 9.19. The number of hydrogen-bond donors (Lipinski definition) is 1. The minimum atomic E-state index is 0.183. The van der Waals surface area contributed by atoms with Crippen LogP contribution in [0.25, 0.3) is 0 Å². The van der Waals surface area contributed by atoms with E-state index >= 15 is 0 Å². The summed E-state index contributed by atoms with van der Waals surface area (Å²) in [4.78, 5) is 18.3. The van der Waals surface area contributed by atoms with Gasteiger partial charge in [0.1, 0.15) is 0 Å². The van der Waals surface area contributed by atoms with Gasteiger partial charge in [0, 0.05) is 32.5 Å². The van der Waals surface area contributed by atoms with Crippen LogP contribution in [-0.2, 0) is 6.54 Å². The van der Waals surface area contributed by atoms with Gasteiger partial charge in [-0.2, -0.15) is 15.0 Å². The van der Waals surface area contributed by atoms with Crippen molar-refractivity contribution < 1.29 is 0 Å². The molecule has 0 aromatic carbocycles. The highest BCUT2D eigenvalue weighted by atomic mass is 35.5. The second kappa shape index (κ2) is 6.29. The molecule has 0 atom stereocenters. The van der Waals surface area contributed by atoms with Crippen molar-refractivity contribution >= 4 is 23.5 Å². The molecule has 2 heterocycles. The molecule has 0 saturated carbocycles. The Labute approximate surface area is 116 Å². The number of aromatic nitrogens is 4. The Morgan fingerprint density at radius 3 is 2.63 bits per heavy atom. The fraction of sp³-hybridized carbons (Fsp3) is 0.333. The first kappa shape index (κ1) is 13.5. The van der Waals surface area contributed by atoms with Gasteiger partial charge in [0.15, 0.2) is 0 Å². The molecule has 2 rings (SSSR count). The predicted molar refractivity (Wildman–Crippen MR) is 75.3 cm³/mol. The van der Waals surface area contributed by atoms with E-state index in [9.17, 15) is 0 Å². The van der Waals surface area contributed by atoms with E-state index in [2.05, 4.69) is 25.3 Å². The van der Waals surface area contributed by atoms with Crippen molar-refractivity contribution in [3.8, 4) is 0 Å². The molecule has 0 bridgehead atoms. The molecule has 2 aromatic heterocycles. The van der Waals surface area contributed by atoms with Crippen LogP contribution in [-0.4, -0.2) is 33.5 Å². The van der Waals surface area contributed by atoms with Gasteiger partial charge in [-0.3, -0.25) is 4.98 Å². The molecule has 0 aliphatic heterocycles. The SMILES string of the molecule is CCNc1nc(Cl)nc(N(C)Cc2ccncc2)n1. The summed E-state index contributed by atoms with van der Waals surface area (Å²) in [6.07, 6.45) is 3.52. The minimum Gasteiger partial charge on any atom is -0.354 e. The lowest BCUT2D eigenvalue weighted by Crippen LogP contribution is -2.20. The van der Waals surface area contributed by atoms with Crippen molar-refractivity contribution in [2.45, 2.75) is 13.5 Å². The van der Waals surface area contributed by atoms with Crippen LogP contribution in [0, 0.1) is 0 Å². The lowest BCUT2D eigenvalue weighted by atomic mass is 10.2. The van der Waals surface area contributed by atoms with Gasteiger partial charge in [0.2, 0.25) is 17.2 Å². The standard InChI is InChI=1S/C12H15ClN6/c1-3-15-11-16-10(13)17-12(18-11)19(2)8-9-4-6-14-7-5-9/h4-7H,3,8H2,1-2H3,(H,15,16,17,18). The topological polar surface area (TPSA) is 66.8 Å². The maximum atomic E-state index is 5.89. The minimum absolute atomic E-state index is 0.183. The van der Waals surface area contributed by atoms with Crippen LogP contribution >= 0.6 is 11.6 Å². The van der Waals surface area contributed by atoms with Crippen molar-refractivity contribution in [1.82, 2.24) is 19.9 Å². The van der Waals surface area contributed by atoms with Gasteiger partial charge in [-0.1, -0.05) is 0 Å². The molecule has 0 spiro atoms. The summed E-state index contributed by atoms with van der Waals surface area (Å²) < 4.78 is 0. The van der Waals surface area contributed by atoms with Gasteiger partial charge in [-0.25, -0.2) is 0 Å². The highest BCUT2D eigenvalue weighted by Gasteiger charge is 2.09. The van der Waals surface area contributed by atoms with E-state index in [0.29, 0.717) is 18.4 Å². The summed E-state index contributed by atoms with van der Waals surface area (Å²) in [7, 11) is 1.90. The molecular weight excluding hydrogens is 264 g/mol. The average molecular weight is 279 g/mol. The number of nitrogens with one attached hydrogen (secondary N) is 1. The van der Waals surface area contributed by atoms with E-state index in [1.807, 2.05) is 31.0 Å². The molecule has 0 radical (unpaired) electrons. The highest BCUT2D eigenvalue weighted by molar-refractivity contribution is 6.28. The van der Waals surface area contributed by atoms with Gasteiger partial charge in [0.25, 0.3) is 0 Å². The first-order valence-corrected chi connectivity index (χ1v) is 6.32. The Morgan fingerprint density at radius 1 is 1.21 bits per heavy atom. The summed E-state index contributed by atoms with van der Waals surface area (Å²) >= 11 is 5.89. The number of halogens is 1. The van der Waals surface area contributed by atoms with Crippen LogP contribution in [0.1, 0.15) is 12.5 Å². The van der Waals surface area contributed by atoms with E-state index in [1.165, 1.54) is 0 Å². The third kappa shape index (κ3) is 3.75. The molecule has 0 unspecified atom stereocenters. The van der Waals surface area contributed by atoms with Crippen LogP contribution in [0.3, 0.4) is 0 Å². The monoisotopic (exact) mass is 278 g/mol. The fourth-order valence-corrected chi connectivity index (χ4v) is 1.74. The second-order valence-electron chi connectivity index (χ2n) is 3.97. The van der Waals surface area contributed by atoms with Crippen LogP contribution in [0.4, 0.5) is 11.9 Å². The molecule has 0 aliphatic carbocycles. The quantitative estimate of drug-likeness (QED) is 0.902. The lowest BCUT2D eigenvalue weighted by Gasteiger charge is -2.17. The van der Waals surface area contributed by atoms with Crippen molar-refractivity contribution in [3.63, 3.8) is 0 Å². The maximum Gasteiger partial charge on any atom is 0.231 e. The molecule has 2 aromatic rings. The summed E-state index contributed by atoms with van der Waals surface area (Å²) in [6.45, 7) is 3.38. The molecule has 0 saturated heterocycles.